The Morgan fingerprint density at radius 1 is 1.20 bits per heavy atom. The first-order valence-electron chi connectivity index (χ1n) is 8.92. The Hall–Kier alpha value is -2.30. The topological polar surface area (TPSA) is 49.6 Å². The molecule has 0 unspecified atom stereocenters. The standard InChI is InChI=1S/C20H27N3O2/c1-20(2,3)17-14-21-18(25-17)10-11-19(24)23-13-7-12-22(4)15-8-5-6-9-16(15)23/h5-6,8-9,14H,7,10-13H2,1-4H3. The van der Waals surface area contributed by atoms with Crippen LogP contribution in [0.4, 0.5) is 11.4 Å². The van der Waals surface area contributed by atoms with Gasteiger partial charge in [0.1, 0.15) is 5.76 Å². The first-order chi connectivity index (χ1) is 11.9. The van der Waals surface area contributed by atoms with Crippen molar-refractivity contribution < 1.29 is 9.21 Å². The fourth-order valence-electron chi connectivity index (χ4n) is 3.10. The van der Waals surface area contributed by atoms with Crippen LogP contribution in [0.5, 0.6) is 0 Å². The van der Waals surface area contributed by atoms with Crippen LogP contribution in [0.3, 0.4) is 0 Å². The van der Waals surface area contributed by atoms with E-state index >= 15 is 0 Å². The van der Waals surface area contributed by atoms with Gasteiger partial charge < -0.3 is 14.2 Å². The average molecular weight is 341 g/mol. The number of anilines is 2. The fraction of sp³-hybridized carbons (Fsp3) is 0.500. The molecule has 0 radical (unpaired) electrons. The highest BCUT2D eigenvalue weighted by Gasteiger charge is 2.24. The highest BCUT2D eigenvalue weighted by atomic mass is 16.4. The number of fused-ring (bicyclic) bond motifs is 1. The van der Waals surface area contributed by atoms with Crippen molar-refractivity contribution in [3.63, 3.8) is 0 Å². The number of hydrogen-bond acceptors (Lipinski definition) is 4. The summed E-state index contributed by atoms with van der Waals surface area (Å²) < 4.78 is 5.81. The van der Waals surface area contributed by atoms with E-state index in [1.54, 1.807) is 6.20 Å². The molecule has 0 atom stereocenters. The molecule has 1 amide bonds. The first-order valence-corrected chi connectivity index (χ1v) is 8.92. The van der Waals surface area contributed by atoms with Crippen LogP contribution in [0.1, 0.15) is 45.3 Å². The zero-order valence-electron chi connectivity index (χ0n) is 15.6. The molecule has 1 aromatic heterocycles. The van der Waals surface area contributed by atoms with Gasteiger partial charge in [-0.25, -0.2) is 4.98 Å². The number of rotatable bonds is 3. The maximum atomic E-state index is 12.8. The molecular formula is C20H27N3O2. The van der Waals surface area contributed by atoms with Crippen LogP contribution in [0.15, 0.2) is 34.9 Å². The number of oxazole rings is 1. The second-order valence-electron chi connectivity index (χ2n) is 7.68. The van der Waals surface area contributed by atoms with Gasteiger partial charge in [0.2, 0.25) is 5.91 Å². The summed E-state index contributed by atoms with van der Waals surface area (Å²) >= 11 is 0. The number of para-hydroxylation sites is 2. The lowest BCUT2D eigenvalue weighted by Crippen LogP contribution is -2.31. The van der Waals surface area contributed by atoms with E-state index in [9.17, 15) is 4.79 Å². The van der Waals surface area contributed by atoms with E-state index in [1.165, 1.54) is 0 Å². The first kappa shape index (κ1) is 17.5. The van der Waals surface area contributed by atoms with Crippen LogP contribution in [0.25, 0.3) is 0 Å². The van der Waals surface area contributed by atoms with Crippen molar-refractivity contribution in [2.75, 3.05) is 29.9 Å². The van der Waals surface area contributed by atoms with E-state index in [2.05, 4.69) is 43.8 Å². The molecule has 5 nitrogen and oxygen atoms in total. The van der Waals surface area contributed by atoms with Gasteiger partial charge in [-0.1, -0.05) is 32.9 Å². The zero-order chi connectivity index (χ0) is 18.0. The van der Waals surface area contributed by atoms with Crippen LogP contribution in [-0.2, 0) is 16.6 Å². The highest BCUT2D eigenvalue weighted by Crippen LogP contribution is 2.31. The summed E-state index contributed by atoms with van der Waals surface area (Å²) in [4.78, 5) is 21.3. The van der Waals surface area contributed by atoms with Gasteiger partial charge in [-0.15, -0.1) is 0 Å². The molecule has 5 heteroatoms. The number of benzene rings is 1. The number of aryl methyl sites for hydroxylation is 1. The van der Waals surface area contributed by atoms with Gasteiger partial charge in [-0.2, -0.15) is 0 Å². The van der Waals surface area contributed by atoms with Crippen molar-refractivity contribution in [1.82, 2.24) is 4.98 Å². The molecule has 3 rings (SSSR count). The molecular weight excluding hydrogens is 314 g/mol. The van der Waals surface area contributed by atoms with E-state index in [4.69, 9.17) is 4.42 Å². The predicted molar refractivity (Wildman–Crippen MR) is 100 cm³/mol. The summed E-state index contributed by atoms with van der Waals surface area (Å²) in [6, 6.07) is 8.11. The molecule has 0 fully saturated rings. The monoisotopic (exact) mass is 341 g/mol. The Bertz CT molecular complexity index is 745. The molecule has 2 aromatic rings. The van der Waals surface area contributed by atoms with Gasteiger partial charge in [-0.05, 0) is 18.6 Å². The van der Waals surface area contributed by atoms with Crippen molar-refractivity contribution in [1.29, 1.82) is 0 Å². The second-order valence-corrected chi connectivity index (χ2v) is 7.68. The van der Waals surface area contributed by atoms with Crippen molar-refractivity contribution in [2.24, 2.45) is 0 Å². The lowest BCUT2D eigenvalue weighted by Gasteiger charge is -2.24. The van der Waals surface area contributed by atoms with E-state index in [-0.39, 0.29) is 11.3 Å². The number of amides is 1. The van der Waals surface area contributed by atoms with Crippen LogP contribution in [0, 0.1) is 0 Å². The smallest absolute Gasteiger partial charge is 0.227 e. The summed E-state index contributed by atoms with van der Waals surface area (Å²) in [5.41, 5.74) is 2.04. The normalized spacial score (nSPS) is 15.0. The number of carbonyl (C=O) groups is 1. The lowest BCUT2D eigenvalue weighted by atomic mass is 9.94. The fourth-order valence-corrected chi connectivity index (χ4v) is 3.10. The zero-order valence-corrected chi connectivity index (χ0v) is 15.6. The van der Waals surface area contributed by atoms with Gasteiger partial charge in [-0.3, -0.25) is 4.79 Å². The third kappa shape index (κ3) is 3.86. The van der Waals surface area contributed by atoms with Gasteiger partial charge >= 0.3 is 0 Å². The van der Waals surface area contributed by atoms with Crippen molar-refractivity contribution in [2.45, 2.75) is 45.4 Å². The Kier molecular flexibility index (Phi) is 4.84. The summed E-state index contributed by atoms with van der Waals surface area (Å²) in [6.45, 7) is 7.97. The minimum absolute atomic E-state index is 0.0659. The molecule has 0 spiro atoms. The van der Waals surface area contributed by atoms with E-state index in [1.807, 2.05) is 23.1 Å². The molecule has 0 bridgehead atoms. The number of aromatic nitrogens is 1. The largest absolute Gasteiger partial charge is 0.445 e. The van der Waals surface area contributed by atoms with E-state index in [0.717, 1.165) is 36.6 Å². The van der Waals surface area contributed by atoms with E-state index in [0.29, 0.717) is 18.7 Å². The number of hydrogen-bond donors (Lipinski definition) is 0. The number of carbonyl (C=O) groups excluding carboxylic acids is 1. The van der Waals surface area contributed by atoms with Crippen molar-refractivity contribution in [3.05, 3.63) is 42.1 Å². The van der Waals surface area contributed by atoms with Crippen LogP contribution >= 0.6 is 0 Å². The second kappa shape index (κ2) is 6.90. The Morgan fingerprint density at radius 2 is 1.92 bits per heavy atom. The molecule has 0 aliphatic carbocycles. The molecule has 0 N–H and O–H groups in total. The molecule has 0 saturated carbocycles. The Labute approximate surface area is 149 Å². The third-order valence-corrected chi connectivity index (χ3v) is 4.61. The Balaban J connectivity index is 1.71. The minimum atomic E-state index is -0.0659. The number of nitrogens with zero attached hydrogens (tertiary/aromatic N) is 3. The Morgan fingerprint density at radius 3 is 2.60 bits per heavy atom. The SMILES string of the molecule is CN1CCCN(C(=O)CCc2ncc(C(C)(C)C)o2)c2ccccc21. The van der Waals surface area contributed by atoms with Crippen molar-refractivity contribution >= 4 is 17.3 Å². The van der Waals surface area contributed by atoms with Crippen LogP contribution in [-0.4, -0.2) is 31.0 Å². The van der Waals surface area contributed by atoms with Gasteiger partial charge in [0.15, 0.2) is 5.89 Å². The summed E-state index contributed by atoms with van der Waals surface area (Å²) in [5.74, 6) is 1.62. The van der Waals surface area contributed by atoms with Gasteiger partial charge in [0, 0.05) is 38.4 Å². The molecule has 1 aliphatic rings. The maximum absolute atomic E-state index is 12.8. The molecule has 0 saturated heterocycles. The maximum Gasteiger partial charge on any atom is 0.227 e. The predicted octanol–water partition coefficient (Wildman–Crippen LogP) is 3.78. The third-order valence-electron chi connectivity index (χ3n) is 4.61. The van der Waals surface area contributed by atoms with Gasteiger partial charge in [0.25, 0.3) is 0 Å². The molecule has 25 heavy (non-hydrogen) atoms. The molecule has 1 aliphatic heterocycles. The quantitative estimate of drug-likeness (QED) is 0.852. The minimum Gasteiger partial charge on any atom is -0.445 e. The molecule has 134 valence electrons. The summed E-state index contributed by atoms with van der Waals surface area (Å²) in [5, 5.41) is 0. The van der Waals surface area contributed by atoms with Crippen LogP contribution < -0.4 is 9.80 Å². The molecule has 1 aromatic carbocycles. The summed E-state index contributed by atoms with van der Waals surface area (Å²) in [7, 11) is 2.08. The lowest BCUT2D eigenvalue weighted by molar-refractivity contribution is -0.118. The van der Waals surface area contributed by atoms with Crippen LogP contribution in [0.2, 0.25) is 0 Å². The van der Waals surface area contributed by atoms with Gasteiger partial charge in [0.05, 0.1) is 17.6 Å². The van der Waals surface area contributed by atoms with E-state index < -0.39 is 0 Å². The average Bonchev–Trinajstić information content (AvgIpc) is 2.99. The highest BCUT2D eigenvalue weighted by molar-refractivity contribution is 5.97. The van der Waals surface area contributed by atoms with Crippen molar-refractivity contribution in [3.8, 4) is 0 Å². The molecule has 2 heterocycles. The summed E-state index contributed by atoms with van der Waals surface area (Å²) in [6.07, 6.45) is 3.67.